The molecule has 3 aromatic rings. The summed E-state index contributed by atoms with van der Waals surface area (Å²) in [6.45, 7) is 8.61. The molecular formula is C28H32FNO2. The predicted molar refractivity (Wildman–Crippen MR) is 127 cm³/mol. The van der Waals surface area contributed by atoms with Gasteiger partial charge in [0.1, 0.15) is 18.2 Å². The molecule has 3 nitrogen and oxygen atoms in total. The minimum atomic E-state index is -0.240. The monoisotopic (exact) mass is 433 g/mol. The first-order valence-electron chi connectivity index (χ1n) is 11.4. The van der Waals surface area contributed by atoms with Crippen molar-refractivity contribution in [3.63, 3.8) is 0 Å². The van der Waals surface area contributed by atoms with Crippen LogP contribution in [0.5, 0.6) is 5.75 Å². The van der Waals surface area contributed by atoms with Gasteiger partial charge in [-0.25, -0.2) is 4.39 Å². The lowest BCUT2D eigenvalue weighted by Gasteiger charge is -2.24. The average molecular weight is 434 g/mol. The maximum Gasteiger partial charge on any atom is 0.123 e. The third kappa shape index (κ3) is 6.18. The van der Waals surface area contributed by atoms with Crippen LogP contribution < -0.4 is 4.74 Å². The van der Waals surface area contributed by atoms with Crippen LogP contribution in [0.25, 0.3) is 0 Å². The molecule has 0 aliphatic carbocycles. The minimum absolute atomic E-state index is 0.240. The Morgan fingerprint density at radius 1 is 0.906 bits per heavy atom. The maximum atomic E-state index is 13.9. The zero-order valence-corrected chi connectivity index (χ0v) is 19.0. The fourth-order valence-electron chi connectivity index (χ4n) is 4.13. The van der Waals surface area contributed by atoms with Crippen LogP contribution in [0.15, 0.2) is 66.7 Å². The molecule has 0 unspecified atom stereocenters. The van der Waals surface area contributed by atoms with Crippen molar-refractivity contribution >= 4 is 0 Å². The van der Waals surface area contributed by atoms with Crippen molar-refractivity contribution in [1.29, 1.82) is 0 Å². The van der Waals surface area contributed by atoms with Gasteiger partial charge in [-0.3, -0.25) is 4.90 Å². The normalized spacial score (nSPS) is 15.6. The summed E-state index contributed by atoms with van der Waals surface area (Å²) in [7, 11) is 0. The Morgan fingerprint density at radius 2 is 1.72 bits per heavy atom. The van der Waals surface area contributed by atoms with E-state index in [1.54, 1.807) is 12.1 Å². The Hall–Kier alpha value is -2.69. The Kier molecular flexibility index (Phi) is 7.56. The lowest BCUT2D eigenvalue weighted by Crippen LogP contribution is -2.27. The van der Waals surface area contributed by atoms with E-state index in [1.165, 1.54) is 22.8 Å². The largest absolute Gasteiger partial charge is 0.491 e. The summed E-state index contributed by atoms with van der Waals surface area (Å²) in [6.07, 6.45) is 0.637. The second-order valence-corrected chi connectivity index (χ2v) is 8.82. The molecule has 0 saturated carbocycles. The van der Waals surface area contributed by atoms with Crippen molar-refractivity contribution in [1.82, 2.24) is 4.90 Å². The minimum Gasteiger partial charge on any atom is -0.491 e. The molecule has 1 aliphatic heterocycles. The Balaban J connectivity index is 1.54. The Bertz CT molecular complexity index is 1020. The summed E-state index contributed by atoms with van der Waals surface area (Å²) < 4.78 is 25.6. The third-order valence-electron chi connectivity index (χ3n) is 5.90. The molecule has 168 valence electrons. The highest BCUT2D eigenvalue weighted by atomic mass is 19.1. The lowest BCUT2D eigenvalue weighted by molar-refractivity contribution is 0.0757. The van der Waals surface area contributed by atoms with Crippen LogP contribution in [0.1, 0.15) is 47.6 Å². The number of halogens is 1. The second-order valence-electron chi connectivity index (χ2n) is 8.82. The van der Waals surface area contributed by atoms with Gasteiger partial charge < -0.3 is 9.47 Å². The van der Waals surface area contributed by atoms with E-state index in [4.69, 9.17) is 9.47 Å². The van der Waals surface area contributed by atoms with Crippen LogP contribution >= 0.6 is 0 Å². The number of rotatable bonds is 3. The molecule has 0 saturated heterocycles. The summed E-state index contributed by atoms with van der Waals surface area (Å²) in [4.78, 5) is 2.42. The third-order valence-corrected chi connectivity index (χ3v) is 5.90. The molecule has 0 amide bonds. The quantitative estimate of drug-likeness (QED) is 0.509. The highest BCUT2D eigenvalue weighted by Gasteiger charge is 2.12. The zero-order chi connectivity index (χ0) is 22.3. The lowest BCUT2D eigenvalue weighted by atomic mass is 10.0. The van der Waals surface area contributed by atoms with Crippen LogP contribution in [0.4, 0.5) is 4.39 Å². The van der Waals surface area contributed by atoms with Gasteiger partial charge in [0.2, 0.25) is 0 Å². The summed E-state index contributed by atoms with van der Waals surface area (Å²) in [6, 6.07) is 22.2. The van der Waals surface area contributed by atoms with Crippen molar-refractivity contribution in [3.05, 3.63) is 100 Å². The second kappa shape index (κ2) is 10.8. The van der Waals surface area contributed by atoms with Crippen LogP contribution in [0.3, 0.4) is 0 Å². The summed E-state index contributed by atoms with van der Waals surface area (Å²) in [5, 5.41) is 0. The molecule has 0 fully saturated rings. The van der Waals surface area contributed by atoms with Crippen molar-refractivity contribution < 1.29 is 13.9 Å². The Morgan fingerprint density at radius 3 is 2.53 bits per heavy atom. The number of hydrogen-bond donors (Lipinski definition) is 0. The summed E-state index contributed by atoms with van der Waals surface area (Å²) >= 11 is 0. The van der Waals surface area contributed by atoms with Gasteiger partial charge in [0.15, 0.2) is 0 Å². The van der Waals surface area contributed by atoms with E-state index < -0.39 is 0 Å². The number of benzene rings is 3. The highest BCUT2D eigenvalue weighted by Crippen LogP contribution is 2.24. The van der Waals surface area contributed by atoms with Crippen LogP contribution in [-0.2, 0) is 24.2 Å². The SMILES string of the molecule is CC(C)c1ccc(CN2CCOCCOc3ccc(F)cc3Cc3cccc(c3)C2)cc1. The fraction of sp³-hybridized carbons (Fsp3) is 0.357. The van der Waals surface area contributed by atoms with Crippen molar-refractivity contribution in [3.8, 4) is 5.75 Å². The zero-order valence-electron chi connectivity index (χ0n) is 19.0. The highest BCUT2D eigenvalue weighted by molar-refractivity contribution is 5.39. The first kappa shape index (κ1) is 22.5. The molecule has 3 aromatic carbocycles. The maximum absolute atomic E-state index is 13.9. The van der Waals surface area contributed by atoms with Gasteiger partial charge in [0.25, 0.3) is 0 Å². The molecule has 0 N–H and O–H groups in total. The molecule has 0 aromatic heterocycles. The van der Waals surface area contributed by atoms with E-state index in [-0.39, 0.29) is 5.82 Å². The molecule has 1 aliphatic rings. The van der Waals surface area contributed by atoms with E-state index in [9.17, 15) is 4.39 Å². The topological polar surface area (TPSA) is 21.7 Å². The molecule has 1 heterocycles. The van der Waals surface area contributed by atoms with Gasteiger partial charge in [-0.1, -0.05) is 62.4 Å². The predicted octanol–water partition coefficient (Wildman–Crippen LogP) is 5.95. The fourth-order valence-corrected chi connectivity index (χ4v) is 4.13. The van der Waals surface area contributed by atoms with Gasteiger partial charge in [0, 0.05) is 31.6 Å². The van der Waals surface area contributed by atoms with E-state index in [2.05, 4.69) is 67.3 Å². The van der Waals surface area contributed by atoms with Crippen molar-refractivity contribution in [2.75, 3.05) is 26.4 Å². The summed E-state index contributed by atoms with van der Waals surface area (Å²) in [5.74, 6) is 1.02. The first-order valence-corrected chi connectivity index (χ1v) is 11.4. The molecule has 0 spiro atoms. The Labute approximate surface area is 190 Å². The van der Waals surface area contributed by atoms with Crippen molar-refractivity contribution in [2.45, 2.75) is 39.3 Å². The number of hydrogen-bond acceptors (Lipinski definition) is 3. The summed E-state index contributed by atoms with van der Waals surface area (Å²) in [5.41, 5.74) is 5.94. The molecule has 4 heteroatoms. The smallest absolute Gasteiger partial charge is 0.123 e. The number of ether oxygens (including phenoxy) is 2. The molecule has 0 radical (unpaired) electrons. The van der Waals surface area contributed by atoms with Gasteiger partial charge in [0.05, 0.1) is 13.2 Å². The van der Waals surface area contributed by atoms with Gasteiger partial charge in [-0.05, 0) is 46.4 Å². The van der Waals surface area contributed by atoms with Crippen LogP contribution in [0.2, 0.25) is 0 Å². The van der Waals surface area contributed by atoms with E-state index in [0.717, 1.165) is 36.5 Å². The molecular weight excluding hydrogens is 401 g/mol. The van der Waals surface area contributed by atoms with E-state index in [0.29, 0.717) is 32.2 Å². The molecule has 4 rings (SSSR count). The molecule has 2 bridgehead atoms. The number of nitrogens with zero attached hydrogens (tertiary/aromatic N) is 1. The first-order chi connectivity index (χ1) is 15.6. The van der Waals surface area contributed by atoms with Crippen LogP contribution in [-0.4, -0.2) is 31.3 Å². The average Bonchev–Trinajstić information content (AvgIpc) is 2.77. The standard InChI is InChI=1S/C28H32FNO2/c1-21(2)25-8-6-22(7-9-25)19-30-12-13-31-14-15-32-28-11-10-27(29)18-26(28)17-23-4-3-5-24(16-23)20-30/h3-11,16,18,21H,12-15,17,19-20H2,1-2H3. The van der Waals surface area contributed by atoms with E-state index >= 15 is 0 Å². The van der Waals surface area contributed by atoms with Gasteiger partial charge in [-0.2, -0.15) is 0 Å². The van der Waals surface area contributed by atoms with Gasteiger partial charge in [-0.15, -0.1) is 0 Å². The number of fused-ring (bicyclic) bond motifs is 3. The molecule has 32 heavy (non-hydrogen) atoms. The van der Waals surface area contributed by atoms with E-state index in [1.807, 2.05) is 0 Å². The van der Waals surface area contributed by atoms with Gasteiger partial charge >= 0.3 is 0 Å². The van der Waals surface area contributed by atoms with Crippen LogP contribution in [0, 0.1) is 5.82 Å². The van der Waals surface area contributed by atoms with Crippen molar-refractivity contribution in [2.24, 2.45) is 0 Å². The molecule has 0 atom stereocenters.